The summed E-state index contributed by atoms with van der Waals surface area (Å²) in [4.78, 5) is 17.8. The van der Waals surface area contributed by atoms with Crippen LogP contribution in [0.5, 0.6) is 11.6 Å². The average molecular weight is 347 g/mol. The van der Waals surface area contributed by atoms with Crippen molar-refractivity contribution in [2.45, 2.75) is 19.4 Å². The molecule has 1 saturated heterocycles. The fraction of sp³-hybridized carbons (Fsp3) is 0.238. The second kappa shape index (κ2) is 7.14. The minimum Gasteiger partial charge on any atom is -0.438 e. The van der Waals surface area contributed by atoms with E-state index in [1.165, 1.54) is 43.1 Å². The van der Waals surface area contributed by atoms with Crippen molar-refractivity contribution in [1.29, 1.82) is 0 Å². The average Bonchev–Trinajstić information content (AvgIpc) is 3.16. The summed E-state index contributed by atoms with van der Waals surface area (Å²) in [6.45, 7) is 3.30. The molecule has 2 aromatic carbocycles. The lowest BCUT2D eigenvalue weighted by Gasteiger charge is -2.17. The van der Waals surface area contributed by atoms with Gasteiger partial charge in [0.2, 0.25) is 11.8 Å². The number of hydrogen-bond donors (Lipinski definition) is 1. The highest BCUT2D eigenvalue weighted by atomic mass is 16.5. The number of carbonyl (C=O) groups is 1. The first-order valence-electron chi connectivity index (χ1n) is 8.87. The number of carbonyl (C=O) groups excluding carboxylic acids is 1. The van der Waals surface area contributed by atoms with Crippen molar-refractivity contribution < 1.29 is 9.53 Å². The van der Waals surface area contributed by atoms with Gasteiger partial charge in [0, 0.05) is 24.2 Å². The standard InChI is InChI=1S/C21H21N3O2/c22-21(25)15-9-10-20(23-13-15)26-19-8-4-6-17-16(5-3-7-18(17)19)14-24-11-1-2-12-24/h3-10,13H,1-2,11-12,14H2,(H2,22,25). The van der Waals surface area contributed by atoms with E-state index in [2.05, 4.69) is 34.1 Å². The zero-order valence-corrected chi connectivity index (χ0v) is 14.5. The van der Waals surface area contributed by atoms with E-state index in [0.29, 0.717) is 11.4 Å². The molecule has 0 bridgehead atoms. The molecule has 1 aliphatic heterocycles. The smallest absolute Gasteiger partial charge is 0.250 e. The molecule has 4 rings (SSSR count). The number of amides is 1. The summed E-state index contributed by atoms with van der Waals surface area (Å²) in [5.41, 5.74) is 6.93. The van der Waals surface area contributed by atoms with Crippen molar-refractivity contribution in [2.24, 2.45) is 5.73 Å². The summed E-state index contributed by atoms with van der Waals surface area (Å²) in [5, 5.41) is 2.26. The predicted molar refractivity (Wildman–Crippen MR) is 101 cm³/mol. The first-order chi connectivity index (χ1) is 12.7. The molecule has 0 unspecified atom stereocenters. The molecule has 132 valence electrons. The molecule has 1 fully saturated rings. The number of pyridine rings is 1. The van der Waals surface area contributed by atoms with Crippen LogP contribution in [0.2, 0.25) is 0 Å². The Hall–Kier alpha value is -2.92. The number of aromatic nitrogens is 1. The number of benzene rings is 2. The molecule has 0 aliphatic carbocycles. The lowest BCUT2D eigenvalue weighted by atomic mass is 10.0. The van der Waals surface area contributed by atoms with Crippen molar-refractivity contribution in [2.75, 3.05) is 13.1 Å². The van der Waals surface area contributed by atoms with Gasteiger partial charge in [0.1, 0.15) is 5.75 Å². The molecule has 0 spiro atoms. The molecule has 1 amide bonds. The van der Waals surface area contributed by atoms with E-state index >= 15 is 0 Å². The fourth-order valence-corrected chi connectivity index (χ4v) is 3.45. The molecule has 5 heteroatoms. The Morgan fingerprint density at radius 1 is 1.04 bits per heavy atom. The van der Waals surface area contributed by atoms with Gasteiger partial charge in [-0.05, 0) is 49.0 Å². The topological polar surface area (TPSA) is 68.5 Å². The summed E-state index contributed by atoms with van der Waals surface area (Å²) in [6, 6.07) is 15.7. The van der Waals surface area contributed by atoms with Gasteiger partial charge in [-0.3, -0.25) is 9.69 Å². The van der Waals surface area contributed by atoms with E-state index in [4.69, 9.17) is 10.5 Å². The Morgan fingerprint density at radius 2 is 1.81 bits per heavy atom. The van der Waals surface area contributed by atoms with Gasteiger partial charge in [0.15, 0.2) is 0 Å². The molecule has 2 N–H and O–H groups in total. The molecule has 5 nitrogen and oxygen atoms in total. The number of nitrogens with two attached hydrogens (primary N) is 1. The van der Waals surface area contributed by atoms with Gasteiger partial charge in [-0.2, -0.15) is 0 Å². The van der Waals surface area contributed by atoms with Crippen LogP contribution in [0.1, 0.15) is 28.8 Å². The quantitative estimate of drug-likeness (QED) is 0.764. The van der Waals surface area contributed by atoms with Crippen LogP contribution in [0.3, 0.4) is 0 Å². The maximum atomic E-state index is 11.2. The van der Waals surface area contributed by atoms with Crippen LogP contribution in [0.25, 0.3) is 10.8 Å². The SMILES string of the molecule is NC(=O)c1ccc(Oc2cccc3c(CN4CCCC4)cccc23)nc1. The summed E-state index contributed by atoms with van der Waals surface area (Å²) >= 11 is 0. The van der Waals surface area contributed by atoms with E-state index in [1.807, 2.05) is 12.1 Å². The number of nitrogens with zero attached hydrogens (tertiary/aromatic N) is 2. The Kier molecular flexibility index (Phi) is 4.54. The third-order valence-electron chi connectivity index (χ3n) is 4.80. The van der Waals surface area contributed by atoms with Crippen molar-refractivity contribution >= 4 is 16.7 Å². The van der Waals surface area contributed by atoms with E-state index < -0.39 is 5.91 Å². The van der Waals surface area contributed by atoms with Crippen molar-refractivity contribution in [3.8, 4) is 11.6 Å². The van der Waals surface area contributed by atoms with Crippen LogP contribution in [-0.2, 0) is 6.54 Å². The van der Waals surface area contributed by atoms with Crippen LogP contribution in [0.15, 0.2) is 54.7 Å². The molecule has 3 aromatic rings. The number of hydrogen-bond acceptors (Lipinski definition) is 4. The van der Waals surface area contributed by atoms with Crippen molar-refractivity contribution in [3.63, 3.8) is 0 Å². The summed E-state index contributed by atoms with van der Waals surface area (Å²) in [7, 11) is 0. The van der Waals surface area contributed by atoms with Crippen LogP contribution < -0.4 is 10.5 Å². The van der Waals surface area contributed by atoms with Gasteiger partial charge in [0.25, 0.3) is 0 Å². The maximum Gasteiger partial charge on any atom is 0.250 e. The van der Waals surface area contributed by atoms with Gasteiger partial charge in [-0.15, -0.1) is 0 Å². The highest BCUT2D eigenvalue weighted by Crippen LogP contribution is 2.31. The fourth-order valence-electron chi connectivity index (χ4n) is 3.45. The Balaban J connectivity index is 1.64. The summed E-state index contributed by atoms with van der Waals surface area (Å²) < 4.78 is 5.97. The lowest BCUT2D eigenvalue weighted by Crippen LogP contribution is -2.18. The highest BCUT2D eigenvalue weighted by Gasteiger charge is 2.14. The lowest BCUT2D eigenvalue weighted by molar-refractivity contribution is 0.1000. The third kappa shape index (κ3) is 3.39. The van der Waals surface area contributed by atoms with Crippen LogP contribution >= 0.6 is 0 Å². The van der Waals surface area contributed by atoms with E-state index in [9.17, 15) is 4.79 Å². The van der Waals surface area contributed by atoms with Crippen LogP contribution in [-0.4, -0.2) is 28.9 Å². The Bertz CT molecular complexity index is 932. The second-order valence-electron chi connectivity index (χ2n) is 6.60. The molecule has 0 atom stereocenters. The van der Waals surface area contributed by atoms with Gasteiger partial charge in [-0.25, -0.2) is 4.98 Å². The first-order valence-corrected chi connectivity index (χ1v) is 8.87. The zero-order chi connectivity index (χ0) is 17.9. The van der Waals surface area contributed by atoms with Gasteiger partial charge >= 0.3 is 0 Å². The van der Waals surface area contributed by atoms with Gasteiger partial charge in [0.05, 0.1) is 5.56 Å². The summed E-state index contributed by atoms with van der Waals surface area (Å²) in [5.74, 6) is 0.693. The number of rotatable bonds is 5. The molecule has 0 saturated carbocycles. The number of fused-ring (bicyclic) bond motifs is 1. The number of ether oxygens (including phenoxy) is 1. The first kappa shape index (κ1) is 16.5. The number of primary amides is 1. The van der Waals surface area contributed by atoms with Crippen LogP contribution in [0.4, 0.5) is 0 Å². The van der Waals surface area contributed by atoms with Gasteiger partial charge in [-0.1, -0.05) is 30.3 Å². The van der Waals surface area contributed by atoms with Crippen molar-refractivity contribution in [1.82, 2.24) is 9.88 Å². The Morgan fingerprint density at radius 3 is 2.54 bits per heavy atom. The van der Waals surface area contributed by atoms with Crippen molar-refractivity contribution in [3.05, 3.63) is 65.9 Å². The minimum absolute atomic E-state index is 0.364. The normalized spacial score (nSPS) is 14.6. The third-order valence-corrected chi connectivity index (χ3v) is 4.80. The zero-order valence-electron chi connectivity index (χ0n) is 14.5. The predicted octanol–water partition coefficient (Wildman–Crippen LogP) is 3.72. The maximum absolute atomic E-state index is 11.2. The molecule has 0 radical (unpaired) electrons. The second-order valence-corrected chi connectivity index (χ2v) is 6.60. The minimum atomic E-state index is -0.499. The molecule has 2 heterocycles. The Labute approximate surface area is 152 Å². The van der Waals surface area contributed by atoms with Crippen LogP contribution in [0, 0.1) is 0 Å². The molecule has 1 aliphatic rings. The number of likely N-dealkylation sites (tertiary alicyclic amines) is 1. The van der Waals surface area contributed by atoms with E-state index in [0.717, 1.165) is 17.7 Å². The molecule has 26 heavy (non-hydrogen) atoms. The molecular formula is C21H21N3O2. The van der Waals surface area contributed by atoms with E-state index in [1.54, 1.807) is 12.1 Å². The summed E-state index contributed by atoms with van der Waals surface area (Å²) in [6.07, 6.45) is 4.00. The largest absolute Gasteiger partial charge is 0.438 e. The molecular weight excluding hydrogens is 326 g/mol. The monoisotopic (exact) mass is 347 g/mol. The molecule has 1 aromatic heterocycles. The van der Waals surface area contributed by atoms with Gasteiger partial charge < -0.3 is 10.5 Å². The van der Waals surface area contributed by atoms with E-state index in [-0.39, 0.29) is 0 Å². The highest BCUT2D eigenvalue weighted by molar-refractivity contribution is 5.92.